The highest BCUT2D eigenvalue weighted by molar-refractivity contribution is 7.10. The number of hydrogen-bond acceptors (Lipinski definition) is 3. The van der Waals surface area contributed by atoms with Gasteiger partial charge in [0.25, 0.3) is 0 Å². The highest BCUT2D eigenvalue weighted by Crippen LogP contribution is 2.32. The Morgan fingerprint density at radius 1 is 1.53 bits per heavy atom. The van der Waals surface area contributed by atoms with Crippen molar-refractivity contribution in [2.24, 2.45) is 0 Å². The first-order valence-electron chi connectivity index (χ1n) is 6.48. The van der Waals surface area contributed by atoms with Crippen LogP contribution in [0.15, 0.2) is 11.4 Å². The van der Waals surface area contributed by atoms with E-state index in [1.165, 1.54) is 18.5 Å². The Balaban J connectivity index is 1.81. The number of fused-ring (bicyclic) bond motifs is 1. The molecule has 0 aromatic carbocycles. The van der Waals surface area contributed by atoms with E-state index in [0.717, 1.165) is 25.8 Å². The van der Waals surface area contributed by atoms with Crippen LogP contribution in [-0.4, -0.2) is 23.8 Å². The van der Waals surface area contributed by atoms with Gasteiger partial charge in [0.2, 0.25) is 0 Å². The quantitative estimate of drug-likeness (QED) is 0.747. The van der Waals surface area contributed by atoms with Crippen molar-refractivity contribution >= 4 is 17.1 Å². The minimum absolute atomic E-state index is 0.316. The fourth-order valence-electron chi connectivity index (χ4n) is 2.56. The van der Waals surface area contributed by atoms with Crippen LogP contribution in [0.1, 0.15) is 49.6 Å². The summed E-state index contributed by atoms with van der Waals surface area (Å²) in [7, 11) is 0. The van der Waals surface area contributed by atoms with Gasteiger partial charge in [-0.3, -0.25) is 4.90 Å². The predicted octanol–water partition coefficient (Wildman–Crippen LogP) is 3.43. The van der Waals surface area contributed by atoms with E-state index in [2.05, 4.69) is 23.3 Å². The van der Waals surface area contributed by atoms with Gasteiger partial charge in [-0.2, -0.15) is 0 Å². The van der Waals surface area contributed by atoms with Crippen LogP contribution in [0.25, 0.3) is 0 Å². The molecule has 94 valence electrons. The Morgan fingerprint density at radius 2 is 2.35 bits per heavy atom. The Morgan fingerprint density at radius 3 is 3.12 bits per heavy atom. The van der Waals surface area contributed by atoms with Crippen molar-refractivity contribution in [3.05, 3.63) is 21.9 Å². The van der Waals surface area contributed by atoms with Crippen LogP contribution < -0.4 is 0 Å². The number of carbonyl (C=O) groups excluding carboxylic acids is 1. The Hall–Kier alpha value is -0.670. The fraction of sp³-hybridized carbons (Fsp3) is 0.643. The molecule has 1 atom stereocenters. The van der Waals surface area contributed by atoms with Crippen LogP contribution in [0.3, 0.4) is 0 Å². The lowest BCUT2D eigenvalue weighted by Crippen LogP contribution is -2.33. The molecule has 0 radical (unpaired) electrons. The van der Waals surface area contributed by atoms with Gasteiger partial charge in [0, 0.05) is 23.9 Å². The summed E-state index contributed by atoms with van der Waals surface area (Å²) in [6.07, 6.45) is 4.12. The average molecular weight is 251 g/mol. The summed E-state index contributed by atoms with van der Waals surface area (Å²) in [5.74, 6) is 0.316. The zero-order valence-corrected chi connectivity index (χ0v) is 11.6. The first-order chi connectivity index (χ1) is 8.18. The van der Waals surface area contributed by atoms with E-state index < -0.39 is 0 Å². The second-order valence-corrected chi connectivity index (χ2v) is 5.92. The molecular formula is C14H21NOS. The number of carbonyl (C=O) groups is 1. The van der Waals surface area contributed by atoms with E-state index in [1.54, 1.807) is 11.8 Å². The lowest BCUT2D eigenvalue weighted by atomic mass is 10.0. The third kappa shape index (κ3) is 3.17. The molecule has 2 heterocycles. The van der Waals surface area contributed by atoms with Gasteiger partial charge in [-0.25, -0.2) is 0 Å². The molecule has 0 aliphatic carbocycles. The van der Waals surface area contributed by atoms with Crippen LogP contribution in [0.4, 0.5) is 0 Å². The smallest absolute Gasteiger partial charge is 0.129 e. The Labute approximate surface area is 108 Å². The molecule has 0 N–H and O–H groups in total. The third-order valence-corrected chi connectivity index (χ3v) is 4.62. The zero-order valence-electron chi connectivity index (χ0n) is 10.7. The average Bonchev–Trinajstić information content (AvgIpc) is 2.75. The Kier molecular flexibility index (Phi) is 4.35. The molecule has 2 nitrogen and oxygen atoms in total. The predicted molar refractivity (Wildman–Crippen MR) is 72.5 cm³/mol. The van der Waals surface area contributed by atoms with E-state index in [9.17, 15) is 4.79 Å². The molecule has 0 saturated heterocycles. The topological polar surface area (TPSA) is 20.3 Å². The largest absolute Gasteiger partial charge is 0.300 e. The second-order valence-electron chi connectivity index (χ2n) is 4.92. The number of unbranched alkanes of at least 4 members (excludes halogenated alkanes) is 1. The summed E-state index contributed by atoms with van der Waals surface area (Å²) in [4.78, 5) is 15.0. The van der Waals surface area contributed by atoms with Gasteiger partial charge in [0.15, 0.2) is 0 Å². The van der Waals surface area contributed by atoms with Crippen LogP contribution in [0, 0.1) is 0 Å². The van der Waals surface area contributed by atoms with Crippen molar-refractivity contribution in [1.82, 2.24) is 4.90 Å². The van der Waals surface area contributed by atoms with Crippen molar-refractivity contribution in [2.45, 2.75) is 45.6 Å². The zero-order chi connectivity index (χ0) is 12.3. The summed E-state index contributed by atoms with van der Waals surface area (Å²) in [6.45, 7) is 6.29. The molecule has 1 aliphatic heterocycles. The summed E-state index contributed by atoms with van der Waals surface area (Å²) in [5, 5.41) is 2.21. The molecule has 1 aliphatic rings. The maximum absolute atomic E-state index is 10.9. The Bertz CT molecular complexity index is 385. The van der Waals surface area contributed by atoms with Crippen LogP contribution in [0.2, 0.25) is 0 Å². The van der Waals surface area contributed by atoms with Crippen LogP contribution in [0.5, 0.6) is 0 Å². The second kappa shape index (κ2) is 5.78. The highest BCUT2D eigenvalue weighted by Gasteiger charge is 2.23. The van der Waals surface area contributed by atoms with E-state index in [1.807, 2.05) is 11.3 Å². The van der Waals surface area contributed by atoms with Gasteiger partial charge in [0.1, 0.15) is 5.78 Å². The minimum atomic E-state index is 0.316. The van der Waals surface area contributed by atoms with Crippen LogP contribution in [-0.2, 0) is 11.2 Å². The number of hydrogen-bond donors (Lipinski definition) is 0. The third-order valence-electron chi connectivity index (χ3n) is 3.63. The van der Waals surface area contributed by atoms with E-state index >= 15 is 0 Å². The van der Waals surface area contributed by atoms with Crippen LogP contribution >= 0.6 is 11.3 Å². The molecule has 17 heavy (non-hydrogen) atoms. The lowest BCUT2D eigenvalue weighted by Gasteiger charge is -2.33. The number of rotatable bonds is 5. The minimum Gasteiger partial charge on any atom is -0.300 e. The number of thiophene rings is 1. The number of ketones is 1. The molecular weight excluding hydrogens is 230 g/mol. The molecule has 1 aromatic heterocycles. The number of Topliss-reactive ketones (excluding diaryl/α,β-unsaturated/α-hetero) is 1. The summed E-state index contributed by atoms with van der Waals surface area (Å²) in [6, 6.07) is 2.83. The molecule has 1 unspecified atom stereocenters. The normalized spacial score (nSPS) is 20.2. The molecule has 0 bridgehead atoms. The van der Waals surface area contributed by atoms with Crippen molar-refractivity contribution in [3.63, 3.8) is 0 Å². The summed E-state index contributed by atoms with van der Waals surface area (Å²) >= 11 is 1.89. The molecule has 0 amide bonds. The van der Waals surface area contributed by atoms with Gasteiger partial charge in [-0.15, -0.1) is 11.3 Å². The van der Waals surface area contributed by atoms with Crippen molar-refractivity contribution in [3.8, 4) is 0 Å². The lowest BCUT2D eigenvalue weighted by molar-refractivity contribution is -0.117. The number of nitrogens with zero attached hydrogens (tertiary/aromatic N) is 1. The summed E-state index contributed by atoms with van der Waals surface area (Å²) < 4.78 is 0. The van der Waals surface area contributed by atoms with Gasteiger partial charge in [0.05, 0.1) is 0 Å². The van der Waals surface area contributed by atoms with Gasteiger partial charge in [-0.1, -0.05) is 0 Å². The van der Waals surface area contributed by atoms with Crippen molar-refractivity contribution in [1.29, 1.82) is 0 Å². The fourth-order valence-corrected chi connectivity index (χ4v) is 3.52. The van der Waals surface area contributed by atoms with Gasteiger partial charge in [-0.05, 0) is 56.7 Å². The first kappa shape index (κ1) is 12.8. The molecule has 0 spiro atoms. The van der Waals surface area contributed by atoms with Crippen molar-refractivity contribution < 1.29 is 4.79 Å². The first-order valence-corrected chi connectivity index (χ1v) is 7.36. The van der Waals surface area contributed by atoms with E-state index in [4.69, 9.17) is 0 Å². The maximum atomic E-state index is 10.9. The van der Waals surface area contributed by atoms with E-state index in [0.29, 0.717) is 11.8 Å². The van der Waals surface area contributed by atoms with Crippen molar-refractivity contribution in [2.75, 3.05) is 13.1 Å². The molecule has 1 aromatic rings. The SMILES string of the molecule is CC(=O)CCCCN1CCc2sccc2C1C. The highest BCUT2D eigenvalue weighted by atomic mass is 32.1. The monoisotopic (exact) mass is 251 g/mol. The summed E-state index contributed by atoms with van der Waals surface area (Å²) in [5.41, 5.74) is 1.52. The molecule has 0 fully saturated rings. The maximum Gasteiger partial charge on any atom is 0.129 e. The molecule has 3 heteroatoms. The van der Waals surface area contributed by atoms with E-state index in [-0.39, 0.29) is 0 Å². The molecule has 2 rings (SSSR count). The van der Waals surface area contributed by atoms with Gasteiger partial charge < -0.3 is 4.79 Å². The molecule has 0 saturated carbocycles. The van der Waals surface area contributed by atoms with Gasteiger partial charge >= 0.3 is 0 Å². The standard InChI is InChI=1S/C14H21NOS/c1-11(16)5-3-4-8-15-9-6-14-13(12(15)2)7-10-17-14/h7,10,12H,3-6,8-9H2,1-2H3.